The van der Waals surface area contributed by atoms with Gasteiger partial charge in [-0.2, -0.15) is 5.10 Å². The number of fused-ring (bicyclic) bond motifs is 1. The molecule has 0 radical (unpaired) electrons. The van der Waals surface area contributed by atoms with Crippen molar-refractivity contribution in [1.29, 1.82) is 0 Å². The molecule has 114 valence electrons. The molecule has 2 aromatic rings. The number of H-pyrrole nitrogens is 1. The van der Waals surface area contributed by atoms with Gasteiger partial charge in [-0.3, -0.25) is 5.10 Å². The van der Waals surface area contributed by atoms with E-state index in [1.54, 1.807) is 11.3 Å². The van der Waals surface area contributed by atoms with Gasteiger partial charge in [0, 0.05) is 30.6 Å². The van der Waals surface area contributed by atoms with Crippen LogP contribution in [0.4, 0.5) is 0 Å². The number of rotatable bonds is 5. The van der Waals surface area contributed by atoms with Crippen molar-refractivity contribution in [2.75, 3.05) is 13.6 Å². The van der Waals surface area contributed by atoms with Crippen LogP contribution in [-0.2, 0) is 25.8 Å². The topological polar surface area (TPSA) is 44.8 Å². The van der Waals surface area contributed by atoms with E-state index in [4.69, 9.17) is 0 Å². The molecule has 0 atom stereocenters. The molecule has 0 aromatic carbocycles. The van der Waals surface area contributed by atoms with E-state index in [1.165, 1.54) is 54.7 Å². The van der Waals surface area contributed by atoms with Crippen LogP contribution in [0.2, 0.25) is 0 Å². The van der Waals surface area contributed by atoms with E-state index >= 15 is 0 Å². The normalized spacial score (nSPS) is 15.2. The van der Waals surface area contributed by atoms with Crippen LogP contribution in [0.15, 0.2) is 5.38 Å². The highest BCUT2D eigenvalue weighted by atomic mass is 32.1. The Hall–Kier alpha value is -1.20. The van der Waals surface area contributed by atoms with Gasteiger partial charge >= 0.3 is 0 Å². The highest BCUT2D eigenvalue weighted by Gasteiger charge is 2.16. The Morgan fingerprint density at radius 1 is 1.29 bits per heavy atom. The quantitative estimate of drug-likeness (QED) is 0.863. The smallest absolute Gasteiger partial charge is 0.0897 e. The van der Waals surface area contributed by atoms with E-state index in [0.717, 1.165) is 24.5 Å². The average Bonchev–Trinajstić information content (AvgIpc) is 2.96. The van der Waals surface area contributed by atoms with Crippen molar-refractivity contribution < 1.29 is 0 Å². The molecule has 21 heavy (non-hydrogen) atoms. The predicted octanol–water partition coefficient (Wildman–Crippen LogP) is 3.12. The van der Waals surface area contributed by atoms with Crippen LogP contribution in [0.5, 0.6) is 0 Å². The maximum absolute atomic E-state index is 4.56. The van der Waals surface area contributed by atoms with Gasteiger partial charge in [0.2, 0.25) is 0 Å². The second kappa shape index (κ2) is 6.71. The Morgan fingerprint density at radius 3 is 2.95 bits per heavy atom. The number of hydrogen-bond acceptors (Lipinski definition) is 4. The molecular weight excluding hydrogens is 280 g/mol. The molecule has 3 rings (SSSR count). The summed E-state index contributed by atoms with van der Waals surface area (Å²) in [6, 6.07) is 0. The molecule has 1 aliphatic carbocycles. The lowest BCUT2D eigenvalue weighted by molar-refractivity contribution is 0.325. The highest BCUT2D eigenvalue weighted by Crippen LogP contribution is 2.22. The summed E-state index contributed by atoms with van der Waals surface area (Å²) in [5.41, 5.74) is 5.34. The number of aromatic nitrogens is 3. The van der Waals surface area contributed by atoms with Crippen molar-refractivity contribution in [3.05, 3.63) is 33.0 Å². The van der Waals surface area contributed by atoms with Crippen LogP contribution in [-0.4, -0.2) is 33.7 Å². The van der Waals surface area contributed by atoms with Gasteiger partial charge < -0.3 is 4.90 Å². The number of nitrogens with one attached hydrogen (secondary N) is 1. The van der Waals surface area contributed by atoms with Gasteiger partial charge in [0.05, 0.1) is 16.4 Å². The molecule has 4 nitrogen and oxygen atoms in total. The summed E-state index contributed by atoms with van der Waals surface area (Å²) in [5.74, 6) is 0. The first-order valence-electron chi connectivity index (χ1n) is 7.87. The molecule has 1 aliphatic rings. The molecule has 0 saturated carbocycles. The van der Waals surface area contributed by atoms with Crippen LogP contribution < -0.4 is 0 Å². The molecule has 0 bridgehead atoms. The number of aromatic amines is 1. The number of thiazole rings is 1. The molecule has 0 unspecified atom stereocenters. The zero-order valence-corrected chi connectivity index (χ0v) is 13.8. The minimum Gasteiger partial charge on any atom is -0.300 e. The molecule has 1 N–H and O–H groups in total. The van der Waals surface area contributed by atoms with Gasteiger partial charge in [-0.15, -0.1) is 11.3 Å². The fourth-order valence-corrected chi connectivity index (χ4v) is 3.67. The zero-order chi connectivity index (χ0) is 14.7. The van der Waals surface area contributed by atoms with Gasteiger partial charge in [-0.05, 0) is 45.2 Å². The Bertz CT molecular complexity index is 587. The SMILES string of the molecule is Cc1nc(CCN(C)Cc2n[nH]c3c2CCCCC3)cs1. The largest absolute Gasteiger partial charge is 0.300 e. The van der Waals surface area contributed by atoms with Gasteiger partial charge in [0.1, 0.15) is 0 Å². The third kappa shape index (κ3) is 3.71. The number of nitrogens with zero attached hydrogens (tertiary/aromatic N) is 3. The summed E-state index contributed by atoms with van der Waals surface area (Å²) >= 11 is 1.74. The molecule has 0 saturated heterocycles. The number of hydrogen-bond donors (Lipinski definition) is 1. The summed E-state index contributed by atoms with van der Waals surface area (Å²) in [7, 11) is 2.18. The number of aryl methyl sites for hydroxylation is 2. The molecule has 5 heteroatoms. The molecule has 2 aromatic heterocycles. The number of likely N-dealkylation sites (N-methyl/N-ethyl adjacent to an activating group) is 1. The molecular formula is C16H24N4S. The fourth-order valence-electron chi connectivity index (χ4n) is 3.02. The molecule has 0 spiro atoms. The second-order valence-corrected chi connectivity index (χ2v) is 7.10. The van der Waals surface area contributed by atoms with Crippen LogP contribution in [0, 0.1) is 6.92 Å². The third-order valence-electron chi connectivity index (χ3n) is 4.23. The van der Waals surface area contributed by atoms with E-state index < -0.39 is 0 Å². The fraction of sp³-hybridized carbons (Fsp3) is 0.625. The summed E-state index contributed by atoms with van der Waals surface area (Å²) < 4.78 is 0. The van der Waals surface area contributed by atoms with Crippen molar-refractivity contribution in [2.24, 2.45) is 0 Å². The Morgan fingerprint density at radius 2 is 2.14 bits per heavy atom. The van der Waals surface area contributed by atoms with Crippen LogP contribution >= 0.6 is 11.3 Å². The molecule has 0 amide bonds. The first-order chi connectivity index (χ1) is 10.2. The van der Waals surface area contributed by atoms with Crippen LogP contribution in [0.25, 0.3) is 0 Å². The molecule has 2 heterocycles. The van der Waals surface area contributed by atoms with E-state index in [9.17, 15) is 0 Å². The maximum Gasteiger partial charge on any atom is 0.0897 e. The third-order valence-corrected chi connectivity index (χ3v) is 5.05. The van der Waals surface area contributed by atoms with E-state index in [2.05, 4.69) is 39.4 Å². The highest BCUT2D eigenvalue weighted by molar-refractivity contribution is 7.09. The Labute approximate surface area is 130 Å². The Kier molecular flexibility index (Phi) is 4.70. The van der Waals surface area contributed by atoms with Crippen molar-refractivity contribution in [3.63, 3.8) is 0 Å². The summed E-state index contributed by atoms with van der Waals surface area (Å²) in [6.07, 6.45) is 7.34. The predicted molar refractivity (Wildman–Crippen MR) is 86.7 cm³/mol. The van der Waals surface area contributed by atoms with Gasteiger partial charge in [-0.1, -0.05) is 6.42 Å². The van der Waals surface area contributed by atoms with Crippen molar-refractivity contribution >= 4 is 11.3 Å². The lowest BCUT2D eigenvalue weighted by atomic mass is 10.1. The Balaban J connectivity index is 1.57. The van der Waals surface area contributed by atoms with Crippen LogP contribution in [0.3, 0.4) is 0 Å². The average molecular weight is 304 g/mol. The standard InChI is InChI=1S/C16H24N4S/c1-12-17-13(11-21-12)8-9-20(2)10-16-14-6-4-3-5-7-15(14)18-19-16/h11H,3-10H2,1-2H3,(H,18,19). The van der Waals surface area contributed by atoms with E-state index in [1.807, 2.05) is 0 Å². The molecule has 0 aliphatic heterocycles. The maximum atomic E-state index is 4.56. The minimum absolute atomic E-state index is 0.939. The van der Waals surface area contributed by atoms with Crippen molar-refractivity contribution in [2.45, 2.75) is 52.0 Å². The lowest BCUT2D eigenvalue weighted by Gasteiger charge is -2.15. The van der Waals surface area contributed by atoms with E-state index in [0.29, 0.717) is 0 Å². The van der Waals surface area contributed by atoms with Crippen molar-refractivity contribution in [1.82, 2.24) is 20.1 Å². The first kappa shape index (κ1) is 14.7. The van der Waals surface area contributed by atoms with Gasteiger partial charge in [-0.25, -0.2) is 4.98 Å². The monoisotopic (exact) mass is 304 g/mol. The minimum atomic E-state index is 0.939. The van der Waals surface area contributed by atoms with Gasteiger partial charge in [0.25, 0.3) is 0 Å². The van der Waals surface area contributed by atoms with Crippen molar-refractivity contribution in [3.8, 4) is 0 Å². The summed E-state index contributed by atoms with van der Waals surface area (Å²) in [6.45, 7) is 4.04. The molecule has 0 fully saturated rings. The summed E-state index contributed by atoms with van der Waals surface area (Å²) in [5, 5.41) is 11.1. The van der Waals surface area contributed by atoms with Crippen LogP contribution in [0.1, 0.15) is 46.9 Å². The zero-order valence-electron chi connectivity index (χ0n) is 13.0. The lowest BCUT2D eigenvalue weighted by Crippen LogP contribution is -2.21. The van der Waals surface area contributed by atoms with Gasteiger partial charge in [0.15, 0.2) is 0 Å². The van der Waals surface area contributed by atoms with E-state index in [-0.39, 0.29) is 0 Å². The first-order valence-corrected chi connectivity index (χ1v) is 8.75. The second-order valence-electron chi connectivity index (χ2n) is 6.03. The summed E-state index contributed by atoms with van der Waals surface area (Å²) in [4.78, 5) is 6.89.